The molecule has 0 radical (unpaired) electrons. The number of likely N-dealkylation sites (N-methyl/N-ethyl adjacent to an activating group) is 1. The SMILES string of the molecule is Cc1noc(C)c1S(=O)(=O)N(C)C[C@@H]1OCc2cnnn2CCCC(=O)N([C@@H](C)CO)C[C@@H]1C. The minimum absolute atomic E-state index is 0.0452. The number of aliphatic hydroxyl groups is 1. The molecule has 2 aromatic rings. The van der Waals surface area contributed by atoms with E-state index < -0.39 is 16.1 Å². The number of fused-ring (bicyclic) bond motifs is 1. The zero-order chi connectivity index (χ0) is 25.0. The molecule has 0 aliphatic carbocycles. The van der Waals surface area contributed by atoms with E-state index in [0.29, 0.717) is 31.6 Å². The molecule has 0 fully saturated rings. The first-order chi connectivity index (χ1) is 16.1. The second-order valence-electron chi connectivity index (χ2n) is 8.90. The minimum Gasteiger partial charge on any atom is -0.394 e. The molecule has 0 saturated carbocycles. The molecule has 190 valence electrons. The quantitative estimate of drug-likeness (QED) is 0.609. The van der Waals surface area contributed by atoms with E-state index in [2.05, 4.69) is 15.5 Å². The van der Waals surface area contributed by atoms with E-state index in [1.54, 1.807) is 36.5 Å². The number of aliphatic hydroxyl groups excluding tert-OH is 1. The van der Waals surface area contributed by atoms with Crippen molar-refractivity contribution in [3.05, 3.63) is 23.3 Å². The Morgan fingerprint density at radius 1 is 1.35 bits per heavy atom. The normalized spacial score (nSPS) is 21.7. The van der Waals surface area contributed by atoms with Crippen LogP contribution in [0.1, 0.15) is 43.8 Å². The van der Waals surface area contributed by atoms with Gasteiger partial charge in [0, 0.05) is 39.0 Å². The van der Waals surface area contributed by atoms with Gasteiger partial charge < -0.3 is 19.3 Å². The zero-order valence-corrected chi connectivity index (χ0v) is 21.2. The summed E-state index contributed by atoms with van der Waals surface area (Å²) < 4.78 is 40.7. The van der Waals surface area contributed by atoms with E-state index in [4.69, 9.17) is 9.26 Å². The van der Waals surface area contributed by atoms with Gasteiger partial charge in [-0.25, -0.2) is 13.1 Å². The van der Waals surface area contributed by atoms with Gasteiger partial charge in [-0.05, 0) is 27.2 Å². The van der Waals surface area contributed by atoms with Crippen LogP contribution in [0.5, 0.6) is 0 Å². The third-order valence-corrected chi connectivity index (χ3v) is 8.28. The van der Waals surface area contributed by atoms with Gasteiger partial charge in [0.1, 0.15) is 10.6 Å². The summed E-state index contributed by atoms with van der Waals surface area (Å²) in [7, 11) is -2.39. The molecule has 12 nitrogen and oxygen atoms in total. The highest BCUT2D eigenvalue weighted by Gasteiger charge is 2.33. The van der Waals surface area contributed by atoms with Crippen molar-refractivity contribution in [3.63, 3.8) is 0 Å². The Balaban J connectivity index is 1.89. The molecule has 3 heterocycles. The molecule has 0 spiro atoms. The Bertz CT molecular complexity index is 1060. The lowest BCUT2D eigenvalue weighted by Crippen LogP contribution is -2.48. The van der Waals surface area contributed by atoms with Gasteiger partial charge in [0.2, 0.25) is 15.9 Å². The lowest BCUT2D eigenvalue weighted by atomic mass is 10.0. The molecule has 0 aromatic carbocycles. The Hall–Kier alpha value is -2.35. The van der Waals surface area contributed by atoms with Crippen molar-refractivity contribution in [2.24, 2.45) is 5.92 Å². The van der Waals surface area contributed by atoms with Crippen LogP contribution in [0, 0.1) is 19.8 Å². The van der Waals surface area contributed by atoms with Crippen LogP contribution in [0.15, 0.2) is 15.6 Å². The Morgan fingerprint density at radius 3 is 2.74 bits per heavy atom. The maximum absolute atomic E-state index is 13.3. The molecule has 0 saturated heterocycles. The molecule has 0 bridgehead atoms. The van der Waals surface area contributed by atoms with Crippen LogP contribution >= 0.6 is 0 Å². The van der Waals surface area contributed by atoms with E-state index in [0.717, 1.165) is 5.69 Å². The lowest BCUT2D eigenvalue weighted by molar-refractivity contribution is -0.136. The summed E-state index contributed by atoms with van der Waals surface area (Å²) in [4.78, 5) is 14.6. The molecule has 0 unspecified atom stereocenters. The van der Waals surface area contributed by atoms with Gasteiger partial charge in [-0.1, -0.05) is 17.3 Å². The van der Waals surface area contributed by atoms with E-state index in [1.165, 1.54) is 11.4 Å². The molecular formula is C21H34N6O6S. The molecule has 3 rings (SSSR count). The second kappa shape index (κ2) is 10.9. The molecule has 1 aliphatic rings. The standard InChI is InChI=1S/C21H34N6O6S/c1-14-10-26(15(2)12-28)20(29)7-6-8-27-18(9-22-24-27)13-32-19(14)11-25(5)34(30,31)21-16(3)23-33-17(21)4/h9,14-15,19,28H,6-8,10-13H2,1-5H3/t14-,15-,19-/m0/s1. The summed E-state index contributed by atoms with van der Waals surface area (Å²) in [6.07, 6.45) is 1.95. The maximum atomic E-state index is 13.3. The number of hydrogen-bond donors (Lipinski definition) is 1. The lowest BCUT2D eigenvalue weighted by Gasteiger charge is -2.35. The van der Waals surface area contributed by atoms with Crippen LogP contribution in [0.4, 0.5) is 0 Å². The summed E-state index contributed by atoms with van der Waals surface area (Å²) >= 11 is 0. The summed E-state index contributed by atoms with van der Waals surface area (Å²) in [5.74, 6) is -0.0874. The van der Waals surface area contributed by atoms with Gasteiger partial charge in [0.25, 0.3) is 0 Å². The van der Waals surface area contributed by atoms with Crippen molar-refractivity contribution in [1.82, 2.24) is 29.4 Å². The number of rotatable bonds is 6. The van der Waals surface area contributed by atoms with Crippen LogP contribution in [0.3, 0.4) is 0 Å². The third kappa shape index (κ3) is 5.65. The smallest absolute Gasteiger partial charge is 0.248 e. The molecule has 13 heteroatoms. The number of aromatic nitrogens is 4. The number of carbonyl (C=O) groups is 1. The first-order valence-corrected chi connectivity index (χ1v) is 12.8. The van der Waals surface area contributed by atoms with Gasteiger partial charge in [-0.15, -0.1) is 5.10 Å². The van der Waals surface area contributed by atoms with Crippen molar-refractivity contribution in [3.8, 4) is 0 Å². The van der Waals surface area contributed by atoms with E-state index in [-0.39, 0.29) is 48.3 Å². The third-order valence-electron chi connectivity index (χ3n) is 6.21. The number of ether oxygens (including phenoxy) is 1. The number of sulfonamides is 1. The van der Waals surface area contributed by atoms with Gasteiger partial charge >= 0.3 is 0 Å². The van der Waals surface area contributed by atoms with Gasteiger partial charge in [0.15, 0.2) is 5.76 Å². The summed E-state index contributed by atoms with van der Waals surface area (Å²) in [6.45, 7) is 7.74. The largest absolute Gasteiger partial charge is 0.394 e. The monoisotopic (exact) mass is 498 g/mol. The van der Waals surface area contributed by atoms with Crippen LogP contribution in [0.2, 0.25) is 0 Å². The number of hydrogen-bond acceptors (Lipinski definition) is 9. The number of amides is 1. The predicted molar refractivity (Wildman–Crippen MR) is 121 cm³/mol. The summed E-state index contributed by atoms with van der Waals surface area (Å²) in [5, 5.41) is 21.5. The molecule has 34 heavy (non-hydrogen) atoms. The first-order valence-electron chi connectivity index (χ1n) is 11.3. The van der Waals surface area contributed by atoms with Crippen molar-refractivity contribution in [1.29, 1.82) is 0 Å². The molecular weight excluding hydrogens is 464 g/mol. The summed E-state index contributed by atoms with van der Waals surface area (Å²) in [6, 6.07) is -0.371. The van der Waals surface area contributed by atoms with Crippen molar-refractivity contribution < 1.29 is 27.6 Å². The molecule has 1 N–H and O–H groups in total. The Morgan fingerprint density at radius 2 is 2.09 bits per heavy atom. The summed E-state index contributed by atoms with van der Waals surface area (Å²) in [5.41, 5.74) is 1.04. The fourth-order valence-corrected chi connectivity index (χ4v) is 5.56. The molecule has 2 aromatic heterocycles. The molecule has 1 aliphatic heterocycles. The Labute approximate surface area is 199 Å². The number of aryl methyl sites for hydroxylation is 3. The van der Waals surface area contributed by atoms with Crippen LogP contribution in [-0.2, 0) is 32.7 Å². The van der Waals surface area contributed by atoms with Crippen LogP contribution in [0.25, 0.3) is 0 Å². The zero-order valence-electron chi connectivity index (χ0n) is 20.3. The average Bonchev–Trinajstić information content (AvgIpc) is 3.38. The van der Waals surface area contributed by atoms with Crippen LogP contribution < -0.4 is 0 Å². The van der Waals surface area contributed by atoms with Crippen molar-refractivity contribution in [2.45, 2.75) is 70.7 Å². The van der Waals surface area contributed by atoms with Crippen LogP contribution in [-0.4, -0.2) is 87.7 Å². The van der Waals surface area contributed by atoms with Gasteiger partial charge in [0.05, 0.1) is 37.3 Å². The predicted octanol–water partition coefficient (Wildman–Crippen LogP) is 0.728. The Kier molecular flexibility index (Phi) is 8.44. The highest BCUT2D eigenvalue weighted by Crippen LogP contribution is 2.24. The van der Waals surface area contributed by atoms with Crippen molar-refractivity contribution >= 4 is 15.9 Å². The molecule has 3 atom stereocenters. The maximum Gasteiger partial charge on any atom is 0.248 e. The molecule has 1 amide bonds. The van der Waals surface area contributed by atoms with E-state index in [1.807, 2.05) is 6.92 Å². The highest BCUT2D eigenvalue weighted by atomic mass is 32.2. The highest BCUT2D eigenvalue weighted by molar-refractivity contribution is 7.89. The van der Waals surface area contributed by atoms with Crippen molar-refractivity contribution in [2.75, 3.05) is 26.7 Å². The number of nitrogens with zero attached hydrogens (tertiary/aromatic N) is 6. The second-order valence-corrected chi connectivity index (χ2v) is 10.9. The fraction of sp³-hybridized carbons (Fsp3) is 0.714. The average molecular weight is 499 g/mol. The van der Waals surface area contributed by atoms with Gasteiger partial charge in [-0.2, -0.15) is 4.31 Å². The van der Waals surface area contributed by atoms with Gasteiger partial charge in [-0.3, -0.25) is 4.79 Å². The van der Waals surface area contributed by atoms with E-state index >= 15 is 0 Å². The number of carbonyl (C=O) groups excluding carboxylic acids is 1. The topological polar surface area (TPSA) is 144 Å². The first kappa shape index (κ1) is 26.3. The fourth-order valence-electron chi connectivity index (χ4n) is 4.10. The van der Waals surface area contributed by atoms with E-state index in [9.17, 15) is 18.3 Å². The minimum atomic E-state index is -3.88.